The number of fused-ring (bicyclic) bond motifs is 1. The lowest BCUT2D eigenvalue weighted by Gasteiger charge is -2.11. The van der Waals surface area contributed by atoms with Crippen molar-refractivity contribution in [2.45, 2.75) is 20.0 Å². The van der Waals surface area contributed by atoms with Crippen LogP contribution in [0.3, 0.4) is 0 Å². The Hall–Kier alpha value is -2.10. The number of ether oxygens (including phenoxy) is 1. The number of rotatable bonds is 3. The summed E-state index contributed by atoms with van der Waals surface area (Å²) < 4.78 is 5.28. The van der Waals surface area contributed by atoms with Crippen LogP contribution in [0.4, 0.5) is 0 Å². The van der Waals surface area contributed by atoms with Gasteiger partial charge < -0.3 is 9.84 Å². The monoisotopic (exact) mass is 231 g/mol. The number of carboxylic acid groups (broad SMARTS) is 1. The predicted molar refractivity (Wildman–Crippen MR) is 64.2 cm³/mol. The number of carboxylic acids is 1. The fourth-order valence-corrected chi connectivity index (χ4v) is 1.60. The minimum Gasteiger partial charge on any atom is -0.479 e. The summed E-state index contributed by atoms with van der Waals surface area (Å²) in [6.45, 7) is 3.50. The van der Waals surface area contributed by atoms with E-state index in [0.717, 1.165) is 16.5 Å². The first kappa shape index (κ1) is 11.4. The molecule has 0 fully saturated rings. The fraction of sp³-hybridized carbons (Fsp3) is 0.231. The highest BCUT2D eigenvalue weighted by molar-refractivity contribution is 5.83. The Kier molecular flexibility index (Phi) is 2.95. The molecule has 17 heavy (non-hydrogen) atoms. The molecule has 2 rings (SSSR count). The summed E-state index contributed by atoms with van der Waals surface area (Å²) in [5, 5.41) is 9.80. The average molecular weight is 231 g/mol. The van der Waals surface area contributed by atoms with E-state index in [4.69, 9.17) is 9.84 Å². The maximum Gasteiger partial charge on any atom is 0.344 e. The van der Waals surface area contributed by atoms with Crippen molar-refractivity contribution in [3.05, 3.63) is 36.0 Å². The Balaban J connectivity index is 2.35. The van der Waals surface area contributed by atoms with Gasteiger partial charge in [0.2, 0.25) is 0 Å². The molecule has 0 bridgehead atoms. The van der Waals surface area contributed by atoms with E-state index in [1.54, 1.807) is 18.3 Å². The molecule has 1 unspecified atom stereocenters. The van der Waals surface area contributed by atoms with Gasteiger partial charge in [0.25, 0.3) is 0 Å². The fourth-order valence-electron chi connectivity index (χ4n) is 1.60. The van der Waals surface area contributed by atoms with Gasteiger partial charge in [0, 0.05) is 17.6 Å². The number of nitrogens with zero attached hydrogens (tertiary/aromatic N) is 1. The second-order valence-electron chi connectivity index (χ2n) is 3.91. The molecule has 0 spiro atoms. The largest absolute Gasteiger partial charge is 0.479 e. The van der Waals surface area contributed by atoms with Gasteiger partial charge in [0.05, 0.1) is 5.52 Å². The van der Waals surface area contributed by atoms with E-state index in [-0.39, 0.29) is 0 Å². The summed E-state index contributed by atoms with van der Waals surface area (Å²) in [7, 11) is 0. The van der Waals surface area contributed by atoms with Gasteiger partial charge in [-0.05, 0) is 37.6 Å². The van der Waals surface area contributed by atoms with Gasteiger partial charge in [0.1, 0.15) is 5.75 Å². The Morgan fingerprint density at radius 1 is 1.41 bits per heavy atom. The van der Waals surface area contributed by atoms with E-state index in [1.165, 1.54) is 6.92 Å². The van der Waals surface area contributed by atoms with E-state index in [9.17, 15) is 4.79 Å². The highest BCUT2D eigenvalue weighted by Gasteiger charge is 2.12. The van der Waals surface area contributed by atoms with Crippen molar-refractivity contribution >= 4 is 16.9 Å². The maximum absolute atomic E-state index is 10.7. The molecule has 88 valence electrons. The molecule has 4 nitrogen and oxygen atoms in total. The molecule has 1 N–H and O–H groups in total. The number of aliphatic carboxylic acids is 1. The van der Waals surface area contributed by atoms with Crippen LogP contribution in [0.15, 0.2) is 30.5 Å². The van der Waals surface area contributed by atoms with Crippen LogP contribution in [-0.2, 0) is 4.79 Å². The zero-order valence-electron chi connectivity index (χ0n) is 9.68. The van der Waals surface area contributed by atoms with Crippen molar-refractivity contribution in [1.29, 1.82) is 0 Å². The van der Waals surface area contributed by atoms with Gasteiger partial charge in [-0.2, -0.15) is 0 Å². The van der Waals surface area contributed by atoms with Gasteiger partial charge in [-0.25, -0.2) is 4.79 Å². The molecule has 4 heteroatoms. The summed E-state index contributed by atoms with van der Waals surface area (Å²) in [6, 6.07) is 7.34. The molecule has 0 aliphatic rings. The Morgan fingerprint density at radius 2 is 2.18 bits per heavy atom. The lowest BCUT2D eigenvalue weighted by Crippen LogP contribution is -2.22. The third-order valence-corrected chi connectivity index (χ3v) is 2.59. The molecule has 1 heterocycles. The van der Waals surface area contributed by atoms with Gasteiger partial charge in [-0.3, -0.25) is 4.98 Å². The van der Waals surface area contributed by atoms with Crippen LogP contribution >= 0.6 is 0 Å². The van der Waals surface area contributed by atoms with Gasteiger partial charge in [0.15, 0.2) is 6.10 Å². The van der Waals surface area contributed by atoms with E-state index in [2.05, 4.69) is 4.98 Å². The number of benzene rings is 1. The molecular weight excluding hydrogens is 218 g/mol. The first-order valence-corrected chi connectivity index (χ1v) is 5.33. The molecule has 0 radical (unpaired) electrons. The van der Waals surface area contributed by atoms with Crippen LogP contribution in [0.1, 0.15) is 12.5 Å². The second-order valence-corrected chi connectivity index (χ2v) is 3.91. The molecule has 0 amide bonds. The van der Waals surface area contributed by atoms with E-state index in [1.807, 2.05) is 19.1 Å². The Bertz CT molecular complexity index is 566. The number of hydrogen-bond donors (Lipinski definition) is 1. The number of pyridine rings is 1. The molecule has 1 atom stereocenters. The van der Waals surface area contributed by atoms with E-state index >= 15 is 0 Å². The number of carbonyl (C=O) groups is 1. The summed E-state index contributed by atoms with van der Waals surface area (Å²) in [6.07, 6.45) is 0.861. The molecule has 0 aliphatic heterocycles. The molecule has 1 aromatic heterocycles. The summed E-state index contributed by atoms with van der Waals surface area (Å²) >= 11 is 0. The third kappa shape index (κ3) is 2.36. The minimum absolute atomic E-state index is 0.519. The standard InChI is InChI=1S/C13H13NO3/c1-8-5-6-14-12-7-10(3-4-11(8)12)17-9(2)13(15)16/h3-7,9H,1-2H3,(H,15,16). The minimum atomic E-state index is -0.984. The van der Waals surface area contributed by atoms with Crippen LogP contribution < -0.4 is 4.74 Å². The SMILES string of the molecule is Cc1ccnc2cc(OC(C)C(=O)O)ccc12. The lowest BCUT2D eigenvalue weighted by atomic mass is 10.1. The number of aryl methyl sites for hydroxylation is 1. The van der Waals surface area contributed by atoms with Crippen LogP contribution in [0.25, 0.3) is 10.9 Å². The van der Waals surface area contributed by atoms with E-state index in [0.29, 0.717) is 5.75 Å². The third-order valence-electron chi connectivity index (χ3n) is 2.59. The highest BCUT2D eigenvalue weighted by atomic mass is 16.5. The first-order valence-electron chi connectivity index (χ1n) is 5.33. The van der Waals surface area contributed by atoms with Crippen LogP contribution in [0, 0.1) is 6.92 Å². The van der Waals surface area contributed by atoms with Gasteiger partial charge in [-0.15, -0.1) is 0 Å². The molecule has 0 aliphatic carbocycles. The molecule has 2 aromatic rings. The van der Waals surface area contributed by atoms with Crippen molar-refractivity contribution in [3.8, 4) is 5.75 Å². The first-order chi connectivity index (χ1) is 8.08. The highest BCUT2D eigenvalue weighted by Crippen LogP contribution is 2.22. The van der Waals surface area contributed by atoms with Crippen molar-refractivity contribution in [2.24, 2.45) is 0 Å². The maximum atomic E-state index is 10.7. The van der Waals surface area contributed by atoms with Gasteiger partial charge in [-0.1, -0.05) is 0 Å². The van der Waals surface area contributed by atoms with Crippen molar-refractivity contribution in [2.75, 3.05) is 0 Å². The van der Waals surface area contributed by atoms with Crippen LogP contribution in [-0.4, -0.2) is 22.2 Å². The molecule has 0 saturated carbocycles. The van der Waals surface area contributed by atoms with Crippen molar-refractivity contribution < 1.29 is 14.6 Å². The van der Waals surface area contributed by atoms with Crippen molar-refractivity contribution in [1.82, 2.24) is 4.98 Å². The zero-order valence-corrected chi connectivity index (χ0v) is 9.68. The average Bonchev–Trinajstić information content (AvgIpc) is 2.29. The zero-order chi connectivity index (χ0) is 12.4. The van der Waals surface area contributed by atoms with Crippen LogP contribution in [0.5, 0.6) is 5.75 Å². The Labute approximate surface area is 98.9 Å². The molecule has 1 aromatic carbocycles. The van der Waals surface area contributed by atoms with Crippen LogP contribution in [0.2, 0.25) is 0 Å². The van der Waals surface area contributed by atoms with Crippen molar-refractivity contribution in [3.63, 3.8) is 0 Å². The number of aromatic nitrogens is 1. The molecule has 0 saturated heterocycles. The Morgan fingerprint density at radius 3 is 2.88 bits per heavy atom. The van der Waals surface area contributed by atoms with E-state index < -0.39 is 12.1 Å². The van der Waals surface area contributed by atoms with Gasteiger partial charge >= 0.3 is 5.97 Å². The summed E-state index contributed by atoms with van der Waals surface area (Å²) in [5.41, 5.74) is 1.94. The predicted octanol–water partition coefficient (Wildman–Crippen LogP) is 2.40. The quantitative estimate of drug-likeness (QED) is 0.881. The summed E-state index contributed by atoms with van der Waals surface area (Å²) in [5.74, 6) is -0.465. The lowest BCUT2D eigenvalue weighted by molar-refractivity contribution is -0.144. The summed E-state index contributed by atoms with van der Waals surface area (Å²) in [4.78, 5) is 14.9. The topological polar surface area (TPSA) is 59.4 Å². The normalized spacial score (nSPS) is 12.4. The second kappa shape index (κ2) is 4.41. The smallest absolute Gasteiger partial charge is 0.344 e. The number of hydrogen-bond acceptors (Lipinski definition) is 3. The molecular formula is C13H13NO3.